The predicted molar refractivity (Wildman–Crippen MR) is 83.0 cm³/mol. The Morgan fingerprint density at radius 3 is 2.67 bits per heavy atom. The first-order chi connectivity index (χ1) is 10.1. The van der Waals surface area contributed by atoms with Gasteiger partial charge < -0.3 is 15.5 Å². The number of hydrogen-bond donors (Lipinski definition) is 3. The normalized spacial score (nSPS) is 12.0. The molecule has 112 valence electrons. The lowest BCUT2D eigenvalue weighted by Gasteiger charge is -2.17. The van der Waals surface area contributed by atoms with Crippen molar-refractivity contribution in [1.82, 2.24) is 20.4 Å². The Hall–Kier alpha value is -2.34. The summed E-state index contributed by atoms with van der Waals surface area (Å²) in [6.45, 7) is 2.60. The van der Waals surface area contributed by atoms with E-state index in [1.165, 1.54) is 5.56 Å². The van der Waals surface area contributed by atoms with Crippen molar-refractivity contribution in [2.45, 2.75) is 19.5 Å². The van der Waals surface area contributed by atoms with E-state index in [0.29, 0.717) is 12.6 Å². The Morgan fingerprint density at radius 1 is 1.38 bits per heavy atom. The van der Waals surface area contributed by atoms with Crippen LogP contribution in [0.15, 0.2) is 36.7 Å². The molecule has 1 aromatic heterocycles. The molecule has 0 saturated carbocycles. The summed E-state index contributed by atoms with van der Waals surface area (Å²) in [4.78, 5) is 13.7. The molecular weight excluding hydrogens is 266 g/mol. The Bertz CT molecular complexity index is 564. The molecule has 0 aliphatic rings. The Morgan fingerprint density at radius 2 is 2.10 bits per heavy atom. The van der Waals surface area contributed by atoms with Crippen molar-refractivity contribution in [2.24, 2.45) is 0 Å². The van der Waals surface area contributed by atoms with E-state index in [1.54, 1.807) is 24.3 Å². The van der Waals surface area contributed by atoms with Crippen LogP contribution < -0.4 is 10.6 Å². The van der Waals surface area contributed by atoms with Crippen molar-refractivity contribution in [1.29, 1.82) is 0 Å². The molecule has 2 aromatic rings. The first-order valence-electron chi connectivity index (χ1n) is 6.87. The van der Waals surface area contributed by atoms with Crippen LogP contribution in [-0.2, 0) is 6.54 Å². The molecule has 0 aliphatic carbocycles. The van der Waals surface area contributed by atoms with Crippen LogP contribution in [-0.4, -0.2) is 35.2 Å². The van der Waals surface area contributed by atoms with E-state index in [-0.39, 0.29) is 6.03 Å². The number of anilines is 1. The maximum absolute atomic E-state index is 12.1. The van der Waals surface area contributed by atoms with E-state index < -0.39 is 0 Å². The predicted octanol–water partition coefficient (Wildman–Crippen LogP) is 2.35. The molecule has 1 heterocycles. The van der Waals surface area contributed by atoms with E-state index in [2.05, 4.69) is 27.8 Å². The van der Waals surface area contributed by atoms with Crippen molar-refractivity contribution in [2.75, 3.05) is 19.4 Å². The number of nitrogens with zero attached hydrogens (tertiary/aromatic N) is 2. The van der Waals surface area contributed by atoms with E-state index in [1.807, 2.05) is 31.3 Å². The summed E-state index contributed by atoms with van der Waals surface area (Å²) in [6.07, 6.45) is 3.48. The van der Waals surface area contributed by atoms with Crippen molar-refractivity contribution < 1.29 is 4.79 Å². The smallest absolute Gasteiger partial charge is 0.321 e. The molecule has 6 heteroatoms. The third kappa shape index (κ3) is 4.06. The average Bonchev–Trinajstić information content (AvgIpc) is 3.00. The zero-order valence-electron chi connectivity index (χ0n) is 12.6. The molecule has 21 heavy (non-hydrogen) atoms. The van der Waals surface area contributed by atoms with Gasteiger partial charge in [0.15, 0.2) is 0 Å². The molecule has 0 saturated heterocycles. The van der Waals surface area contributed by atoms with Gasteiger partial charge in [0, 0.05) is 30.5 Å². The standard InChI is InChI=1S/C15H21N5O/c1-11(16-2)13-4-6-14(7-5-13)19-15(21)20(3)10-12-8-17-18-9-12/h4-9,11,16H,10H2,1-3H3,(H,17,18)(H,19,21). The average molecular weight is 287 g/mol. The molecule has 0 fully saturated rings. The first kappa shape index (κ1) is 15.1. The lowest BCUT2D eigenvalue weighted by Crippen LogP contribution is -2.30. The fourth-order valence-electron chi connectivity index (χ4n) is 1.95. The van der Waals surface area contributed by atoms with Gasteiger partial charge in [0.2, 0.25) is 0 Å². The van der Waals surface area contributed by atoms with Gasteiger partial charge in [-0.15, -0.1) is 0 Å². The number of rotatable bonds is 5. The molecule has 1 unspecified atom stereocenters. The van der Waals surface area contributed by atoms with Crippen molar-refractivity contribution >= 4 is 11.7 Å². The molecule has 0 aliphatic heterocycles. The van der Waals surface area contributed by atoms with E-state index in [0.717, 1.165) is 11.3 Å². The van der Waals surface area contributed by atoms with Crippen LogP contribution in [0.1, 0.15) is 24.1 Å². The van der Waals surface area contributed by atoms with Crippen LogP contribution in [0.25, 0.3) is 0 Å². The number of carbonyl (C=O) groups excluding carboxylic acids is 1. The monoisotopic (exact) mass is 287 g/mol. The second kappa shape index (κ2) is 6.90. The topological polar surface area (TPSA) is 73.0 Å². The lowest BCUT2D eigenvalue weighted by molar-refractivity contribution is 0.220. The highest BCUT2D eigenvalue weighted by molar-refractivity contribution is 5.89. The Balaban J connectivity index is 1.92. The van der Waals surface area contributed by atoms with Gasteiger partial charge in [0.1, 0.15) is 0 Å². The number of H-pyrrole nitrogens is 1. The summed E-state index contributed by atoms with van der Waals surface area (Å²) in [7, 11) is 3.67. The quantitative estimate of drug-likeness (QED) is 0.790. The largest absolute Gasteiger partial charge is 0.323 e. The summed E-state index contributed by atoms with van der Waals surface area (Å²) in [5.41, 5.74) is 2.93. The molecule has 6 nitrogen and oxygen atoms in total. The summed E-state index contributed by atoms with van der Waals surface area (Å²) in [5, 5.41) is 12.6. The second-order valence-corrected chi connectivity index (χ2v) is 5.03. The summed E-state index contributed by atoms with van der Waals surface area (Å²) >= 11 is 0. The number of benzene rings is 1. The van der Waals surface area contributed by atoms with E-state index in [4.69, 9.17) is 0 Å². The minimum absolute atomic E-state index is 0.148. The van der Waals surface area contributed by atoms with Gasteiger partial charge >= 0.3 is 6.03 Å². The van der Waals surface area contributed by atoms with Gasteiger partial charge in [-0.25, -0.2) is 4.79 Å². The minimum Gasteiger partial charge on any atom is -0.323 e. The van der Waals surface area contributed by atoms with Crippen LogP contribution >= 0.6 is 0 Å². The molecule has 1 atom stereocenters. The molecule has 1 aromatic carbocycles. The number of aromatic nitrogens is 2. The van der Waals surface area contributed by atoms with Crippen molar-refractivity contribution in [3.8, 4) is 0 Å². The molecule has 0 spiro atoms. The first-order valence-corrected chi connectivity index (χ1v) is 6.87. The maximum Gasteiger partial charge on any atom is 0.321 e. The van der Waals surface area contributed by atoms with Crippen LogP contribution in [0, 0.1) is 0 Å². The van der Waals surface area contributed by atoms with Gasteiger partial charge in [0.25, 0.3) is 0 Å². The number of amides is 2. The van der Waals surface area contributed by atoms with Gasteiger partial charge in [0.05, 0.1) is 12.7 Å². The Kier molecular flexibility index (Phi) is 4.94. The van der Waals surface area contributed by atoms with Crippen molar-refractivity contribution in [3.63, 3.8) is 0 Å². The number of hydrogen-bond acceptors (Lipinski definition) is 3. The number of carbonyl (C=O) groups is 1. The number of urea groups is 1. The van der Waals surface area contributed by atoms with Crippen LogP contribution in [0.3, 0.4) is 0 Å². The molecule has 2 amide bonds. The van der Waals surface area contributed by atoms with Gasteiger partial charge in [-0.3, -0.25) is 5.10 Å². The fraction of sp³-hybridized carbons (Fsp3) is 0.333. The third-order valence-electron chi connectivity index (χ3n) is 3.42. The molecule has 2 rings (SSSR count). The lowest BCUT2D eigenvalue weighted by atomic mass is 10.1. The fourth-order valence-corrected chi connectivity index (χ4v) is 1.95. The van der Waals surface area contributed by atoms with Gasteiger partial charge in [-0.2, -0.15) is 5.10 Å². The third-order valence-corrected chi connectivity index (χ3v) is 3.42. The van der Waals surface area contributed by atoms with E-state index in [9.17, 15) is 4.79 Å². The SMILES string of the molecule is CNC(C)c1ccc(NC(=O)N(C)Cc2cn[nH]c2)cc1. The van der Waals surface area contributed by atoms with Gasteiger partial charge in [-0.1, -0.05) is 12.1 Å². The zero-order chi connectivity index (χ0) is 15.2. The minimum atomic E-state index is -0.148. The number of aromatic amines is 1. The Labute approximate surface area is 124 Å². The highest BCUT2D eigenvalue weighted by Gasteiger charge is 2.10. The van der Waals surface area contributed by atoms with Crippen LogP contribution in [0.4, 0.5) is 10.5 Å². The van der Waals surface area contributed by atoms with Crippen LogP contribution in [0.2, 0.25) is 0 Å². The number of nitrogens with one attached hydrogen (secondary N) is 3. The zero-order valence-corrected chi connectivity index (χ0v) is 12.6. The molecular formula is C15H21N5O. The highest BCUT2D eigenvalue weighted by Crippen LogP contribution is 2.16. The summed E-state index contributed by atoms with van der Waals surface area (Å²) in [5.74, 6) is 0. The maximum atomic E-state index is 12.1. The molecule has 0 radical (unpaired) electrons. The van der Waals surface area contributed by atoms with Crippen LogP contribution in [0.5, 0.6) is 0 Å². The van der Waals surface area contributed by atoms with Crippen molar-refractivity contribution in [3.05, 3.63) is 47.8 Å². The van der Waals surface area contributed by atoms with E-state index >= 15 is 0 Å². The highest BCUT2D eigenvalue weighted by atomic mass is 16.2. The summed E-state index contributed by atoms with van der Waals surface area (Å²) < 4.78 is 0. The second-order valence-electron chi connectivity index (χ2n) is 5.03. The summed E-state index contributed by atoms with van der Waals surface area (Å²) in [6, 6.07) is 7.98. The molecule has 3 N–H and O–H groups in total. The van der Waals surface area contributed by atoms with Gasteiger partial charge in [-0.05, 0) is 31.7 Å². The molecule has 0 bridgehead atoms.